The molecule has 0 aliphatic carbocycles. The van der Waals surface area contributed by atoms with Gasteiger partial charge in [0, 0.05) is 18.8 Å². The van der Waals surface area contributed by atoms with Crippen molar-refractivity contribution in [2.24, 2.45) is 5.73 Å². The number of carboxylic acid groups (broad SMARTS) is 1. The number of hydrogen-bond acceptors (Lipinski definition) is 5. The first-order chi connectivity index (χ1) is 15.7. The summed E-state index contributed by atoms with van der Waals surface area (Å²) in [6.45, 7) is 5.48. The van der Waals surface area contributed by atoms with Crippen LogP contribution >= 0.6 is 0 Å². The summed E-state index contributed by atoms with van der Waals surface area (Å²) in [6.07, 6.45) is 9.95. The van der Waals surface area contributed by atoms with E-state index in [-0.39, 0.29) is 5.78 Å². The molecule has 2 rings (SSSR count). The quantitative estimate of drug-likeness (QED) is 0.362. The lowest BCUT2D eigenvalue weighted by molar-refractivity contribution is -0.154. The number of hydrogen-bond donors (Lipinski definition) is 2. The Balaban J connectivity index is 2.20. The van der Waals surface area contributed by atoms with Crippen molar-refractivity contribution in [3.05, 3.63) is 59.9 Å². The van der Waals surface area contributed by atoms with Gasteiger partial charge >= 0.3 is 5.97 Å². The minimum Gasteiger partial charge on any atom is -0.478 e. The maximum absolute atomic E-state index is 13.3. The summed E-state index contributed by atoms with van der Waals surface area (Å²) in [5, 5.41) is 9.53. The molecule has 2 atom stereocenters. The molecule has 0 fully saturated rings. The highest BCUT2D eigenvalue weighted by Crippen LogP contribution is 2.27. The summed E-state index contributed by atoms with van der Waals surface area (Å²) in [5.74, 6) is -0.482. The molecule has 0 aliphatic rings. The molecule has 3 N–H and O–H groups in total. The molecular weight excluding hydrogens is 416 g/mol. The number of nitrogens with zero attached hydrogens (tertiary/aromatic N) is 1. The number of nitrogens with two attached hydrogens (primary N) is 1. The fourth-order valence-electron chi connectivity index (χ4n) is 3.81. The molecule has 0 aliphatic heterocycles. The van der Waals surface area contributed by atoms with Gasteiger partial charge in [0.2, 0.25) is 5.60 Å². The van der Waals surface area contributed by atoms with Crippen molar-refractivity contribution in [1.82, 2.24) is 4.98 Å². The van der Waals surface area contributed by atoms with Crippen LogP contribution in [-0.4, -0.2) is 33.0 Å². The average molecular weight is 455 g/mol. The zero-order valence-electron chi connectivity index (χ0n) is 20.2. The number of ether oxygens (including phenoxy) is 1. The normalized spacial score (nSPS) is 14.8. The Hall–Kier alpha value is -2.73. The van der Waals surface area contributed by atoms with Crippen LogP contribution in [0.15, 0.2) is 48.8 Å². The van der Waals surface area contributed by atoms with E-state index in [1.54, 1.807) is 38.4 Å². The minimum atomic E-state index is -1.31. The Kier molecular flexibility index (Phi) is 10.0. The van der Waals surface area contributed by atoms with Gasteiger partial charge in [-0.05, 0) is 68.4 Å². The van der Waals surface area contributed by atoms with E-state index in [9.17, 15) is 14.7 Å². The van der Waals surface area contributed by atoms with Crippen LogP contribution in [0.2, 0.25) is 0 Å². The fraction of sp³-hybridized carbons (Fsp3) is 0.519. The van der Waals surface area contributed by atoms with Gasteiger partial charge in [-0.25, -0.2) is 4.79 Å². The molecule has 33 heavy (non-hydrogen) atoms. The lowest BCUT2D eigenvalue weighted by Crippen LogP contribution is -2.50. The molecular formula is C27H38N2O4. The molecule has 2 aromatic rings. The van der Waals surface area contributed by atoms with E-state index >= 15 is 0 Å². The fourth-order valence-corrected chi connectivity index (χ4v) is 3.81. The molecule has 0 radical (unpaired) electrons. The summed E-state index contributed by atoms with van der Waals surface area (Å²) >= 11 is 0. The van der Waals surface area contributed by atoms with E-state index in [0.717, 1.165) is 36.8 Å². The zero-order chi connectivity index (χ0) is 24.3. The van der Waals surface area contributed by atoms with Crippen LogP contribution in [0.25, 0.3) is 0 Å². The number of carbonyl (C=O) groups excluding carboxylic acids is 1. The Morgan fingerprint density at radius 3 is 2.48 bits per heavy atom. The first-order valence-electron chi connectivity index (χ1n) is 11.9. The number of ketones is 1. The van der Waals surface area contributed by atoms with Crippen molar-refractivity contribution in [3.8, 4) is 5.75 Å². The van der Waals surface area contributed by atoms with E-state index in [0.29, 0.717) is 37.9 Å². The SMILES string of the molecule is CCCCCCC(=O)C(N)(CCc1cccnc1)Cc1cccc(OC(C)(CC)C(=O)O)c1. The average Bonchev–Trinajstić information content (AvgIpc) is 2.81. The molecule has 1 aromatic heterocycles. The molecule has 0 saturated heterocycles. The lowest BCUT2D eigenvalue weighted by atomic mass is 9.80. The molecule has 2 unspecified atom stereocenters. The maximum atomic E-state index is 13.3. The number of benzene rings is 1. The maximum Gasteiger partial charge on any atom is 0.347 e. The third-order valence-electron chi connectivity index (χ3n) is 6.28. The highest BCUT2D eigenvalue weighted by atomic mass is 16.5. The number of aliphatic carboxylic acids is 1. The number of aryl methyl sites for hydroxylation is 1. The van der Waals surface area contributed by atoms with Gasteiger partial charge in [-0.3, -0.25) is 9.78 Å². The van der Waals surface area contributed by atoms with Crippen molar-refractivity contribution < 1.29 is 19.4 Å². The van der Waals surface area contributed by atoms with Gasteiger partial charge in [0.15, 0.2) is 5.78 Å². The lowest BCUT2D eigenvalue weighted by Gasteiger charge is -2.29. The molecule has 1 heterocycles. The van der Waals surface area contributed by atoms with Crippen molar-refractivity contribution >= 4 is 11.8 Å². The van der Waals surface area contributed by atoms with Crippen molar-refractivity contribution in [1.29, 1.82) is 0 Å². The summed E-state index contributed by atoms with van der Waals surface area (Å²) in [6, 6.07) is 11.1. The van der Waals surface area contributed by atoms with Crippen LogP contribution in [0.1, 0.15) is 76.8 Å². The van der Waals surface area contributed by atoms with Crippen molar-refractivity contribution in [3.63, 3.8) is 0 Å². The van der Waals surface area contributed by atoms with E-state index in [1.165, 1.54) is 0 Å². The molecule has 6 heteroatoms. The highest BCUT2D eigenvalue weighted by Gasteiger charge is 2.35. The molecule has 180 valence electrons. The minimum absolute atomic E-state index is 0.0674. The first-order valence-corrected chi connectivity index (χ1v) is 11.9. The van der Waals surface area contributed by atoms with E-state index in [4.69, 9.17) is 10.5 Å². The van der Waals surface area contributed by atoms with Crippen LogP contribution in [-0.2, 0) is 22.4 Å². The second kappa shape index (κ2) is 12.5. The molecule has 0 spiro atoms. The van der Waals surface area contributed by atoms with Gasteiger partial charge in [-0.15, -0.1) is 0 Å². The molecule has 0 bridgehead atoms. The molecule has 0 saturated carbocycles. The Morgan fingerprint density at radius 2 is 1.85 bits per heavy atom. The smallest absolute Gasteiger partial charge is 0.347 e. The second-order valence-electron chi connectivity index (χ2n) is 9.07. The van der Waals surface area contributed by atoms with Crippen LogP contribution < -0.4 is 10.5 Å². The van der Waals surface area contributed by atoms with Crippen molar-refractivity contribution in [2.75, 3.05) is 0 Å². The Morgan fingerprint density at radius 1 is 1.09 bits per heavy atom. The van der Waals surface area contributed by atoms with Gasteiger partial charge in [0.1, 0.15) is 5.75 Å². The van der Waals surface area contributed by atoms with Crippen molar-refractivity contribution in [2.45, 2.75) is 89.7 Å². The summed E-state index contributed by atoms with van der Waals surface area (Å²) < 4.78 is 5.82. The highest BCUT2D eigenvalue weighted by molar-refractivity contribution is 5.88. The van der Waals surface area contributed by atoms with Gasteiger partial charge in [0.05, 0.1) is 5.54 Å². The van der Waals surface area contributed by atoms with Gasteiger partial charge in [-0.2, -0.15) is 0 Å². The number of unbranched alkanes of at least 4 members (excludes halogenated alkanes) is 3. The largest absolute Gasteiger partial charge is 0.478 e. The zero-order valence-corrected chi connectivity index (χ0v) is 20.2. The summed E-state index contributed by atoms with van der Waals surface area (Å²) in [4.78, 5) is 29.0. The monoisotopic (exact) mass is 454 g/mol. The molecule has 1 aromatic carbocycles. The summed E-state index contributed by atoms with van der Waals surface area (Å²) in [7, 11) is 0. The number of carbonyl (C=O) groups is 2. The topological polar surface area (TPSA) is 103 Å². The van der Waals surface area contributed by atoms with Gasteiger partial charge in [0.25, 0.3) is 0 Å². The molecule has 0 amide bonds. The van der Waals surface area contributed by atoms with E-state index < -0.39 is 17.1 Å². The van der Waals surface area contributed by atoms with Crippen LogP contribution in [0.4, 0.5) is 0 Å². The van der Waals surface area contributed by atoms with Crippen LogP contribution in [0.3, 0.4) is 0 Å². The van der Waals surface area contributed by atoms with Crippen LogP contribution in [0, 0.1) is 0 Å². The van der Waals surface area contributed by atoms with Crippen LogP contribution in [0.5, 0.6) is 5.75 Å². The van der Waals surface area contributed by atoms with Gasteiger partial charge in [-0.1, -0.05) is 51.3 Å². The third-order valence-corrected chi connectivity index (χ3v) is 6.28. The Bertz CT molecular complexity index is 902. The molecule has 6 nitrogen and oxygen atoms in total. The van der Waals surface area contributed by atoms with E-state index in [1.807, 2.05) is 24.3 Å². The number of Topliss-reactive ketones (excluding diaryl/α,β-unsaturated/α-hetero) is 1. The number of rotatable bonds is 15. The standard InChI is InChI=1S/C27H38N2O4/c1-4-6-7-8-14-24(30)27(28,16-15-21-12-10-17-29-20-21)19-22-11-9-13-23(18-22)33-26(3,5-2)25(31)32/h9-13,17-18,20H,4-8,14-16,19,28H2,1-3H3,(H,31,32). The third kappa shape index (κ3) is 7.97. The number of pyridine rings is 1. The first kappa shape index (κ1) is 26.5. The second-order valence-corrected chi connectivity index (χ2v) is 9.07. The van der Waals surface area contributed by atoms with Gasteiger partial charge < -0.3 is 15.6 Å². The summed E-state index contributed by atoms with van der Waals surface area (Å²) in [5.41, 5.74) is 6.36. The number of aromatic nitrogens is 1. The predicted molar refractivity (Wildman–Crippen MR) is 130 cm³/mol. The van der Waals surface area contributed by atoms with E-state index in [2.05, 4.69) is 11.9 Å². The predicted octanol–water partition coefficient (Wildman–Crippen LogP) is 5.13. The Labute approximate surface area is 197 Å². The number of carboxylic acids is 1.